The number of nitrogens with zero attached hydrogens (tertiary/aromatic N) is 3. The van der Waals surface area contributed by atoms with E-state index in [9.17, 15) is 4.79 Å². The van der Waals surface area contributed by atoms with Gasteiger partial charge < -0.3 is 23.6 Å². The zero-order valence-corrected chi connectivity index (χ0v) is 17.5. The minimum atomic E-state index is -0.219. The minimum absolute atomic E-state index is 0.0389. The van der Waals surface area contributed by atoms with Gasteiger partial charge in [-0.3, -0.25) is 4.79 Å². The smallest absolute Gasteiger partial charge is 0.232 e. The van der Waals surface area contributed by atoms with E-state index >= 15 is 0 Å². The molecule has 4 rings (SSSR count). The number of amides is 1. The predicted molar refractivity (Wildman–Crippen MR) is 111 cm³/mol. The van der Waals surface area contributed by atoms with Crippen LogP contribution in [0.15, 0.2) is 40.9 Å². The van der Waals surface area contributed by atoms with Gasteiger partial charge in [-0.15, -0.1) is 0 Å². The molecule has 0 bridgehead atoms. The monoisotopic (exact) mass is 429 g/mol. The van der Waals surface area contributed by atoms with Gasteiger partial charge in [0, 0.05) is 24.7 Å². The number of carbonyl (C=O) groups is 1. The Balaban J connectivity index is 1.56. The van der Waals surface area contributed by atoms with Crippen molar-refractivity contribution >= 4 is 23.2 Å². The van der Waals surface area contributed by atoms with Crippen molar-refractivity contribution in [2.75, 3.05) is 32.8 Å². The number of ether oxygens (including phenoxy) is 3. The average molecular weight is 430 g/mol. The van der Waals surface area contributed by atoms with Crippen LogP contribution in [-0.4, -0.2) is 43.9 Å². The number of hydrogen-bond donors (Lipinski definition) is 0. The first-order chi connectivity index (χ1) is 14.5. The highest BCUT2D eigenvalue weighted by Gasteiger charge is 2.35. The van der Waals surface area contributed by atoms with E-state index in [1.54, 1.807) is 62.6 Å². The molecule has 30 heavy (non-hydrogen) atoms. The van der Waals surface area contributed by atoms with Crippen molar-refractivity contribution in [1.29, 1.82) is 0 Å². The summed E-state index contributed by atoms with van der Waals surface area (Å²) >= 11 is 6.21. The zero-order valence-electron chi connectivity index (χ0n) is 16.7. The Bertz CT molecular complexity index is 1080. The van der Waals surface area contributed by atoms with Crippen molar-refractivity contribution < 1.29 is 23.5 Å². The van der Waals surface area contributed by atoms with Crippen LogP contribution in [0.4, 0.5) is 5.69 Å². The van der Waals surface area contributed by atoms with Gasteiger partial charge in [-0.1, -0.05) is 16.8 Å². The van der Waals surface area contributed by atoms with E-state index in [-0.39, 0.29) is 18.2 Å². The molecule has 8 nitrogen and oxygen atoms in total. The summed E-state index contributed by atoms with van der Waals surface area (Å²) in [4.78, 5) is 18.8. The summed E-state index contributed by atoms with van der Waals surface area (Å²) in [5.74, 6) is 2.32. The normalized spacial score (nSPS) is 16.1. The lowest BCUT2D eigenvalue weighted by molar-refractivity contribution is -0.117. The van der Waals surface area contributed by atoms with Crippen LogP contribution in [0.1, 0.15) is 18.2 Å². The Hall–Kier alpha value is -3.26. The van der Waals surface area contributed by atoms with Gasteiger partial charge in [-0.2, -0.15) is 4.98 Å². The quantitative estimate of drug-likeness (QED) is 0.586. The molecule has 2 aromatic carbocycles. The molecule has 0 N–H and O–H groups in total. The fourth-order valence-corrected chi connectivity index (χ4v) is 3.69. The van der Waals surface area contributed by atoms with Gasteiger partial charge in [-0.05, 0) is 30.3 Å². The number of hydrogen-bond acceptors (Lipinski definition) is 7. The standard InChI is InChI=1S/C21H20ClN3O5/c1-27-14-5-6-15(18(10-14)29-3)20-23-21(30-24-20)12-8-19(26)25(11-12)13-4-7-17(28-2)16(22)9-13/h4-7,9-10,12H,8,11H2,1-3H3/t12-/m1/s1. The Morgan fingerprint density at radius 1 is 1.07 bits per heavy atom. The summed E-state index contributed by atoms with van der Waals surface area (Å²) in [7, 11) is 4.69. The van der Waals surface area contributed by atoms with Crippen LogP contribution in [-0.2, 0) is 4.79 Å². The molecule has 9 heteroatoms. The molecule has 1 saturated heterocycles. The fourth-order valence-electron chi connectivity index (χ4n) is 3.44. The van der Waals surface area contributed by atoms with Crippen LogP contribution in [0.2, 0.25) is 5.02 Å². The largest absolute Gasteiger partial charge is 0.497 e. The van der Waals surface area contributed by atoms with E-state index in [2.05, 4.69) is 10.1 Å². The molecule has 2 heterocycles. The summed E-state index contributed by atoms with van der Waals surface area (Å²) in [6, 6.07) is 10.6. The molecule has 0 radical (unpaired) electrons. The predicted octanol–water partition coefficient (Wildman–Crippen LogP) is 3.94. The third-order valence-electron chi connectivity index (χ3n) is 5.01. The molecule has 0 aliphatic carbocycles. The van der Waals surface area contributed by atoms with Crippen molar-refractivity contribution in [3.8, 4) is 28.6 Å². The summed E-state index contributed by atoms with van der Waals surface area (Å²) in [6.07, 6.45) is 0.269. The summed E-state index contributed by atoms with van der Waals surface area (Å²) in [5.41, 5.74) is 1.38. The van der Waals surface area contributed by atoms with Crippen molar-refractivity contribution in [2.24, 2.45) is 0 Å². The van der Waals surface area contributed by atoms with E-state index in [4.69, 9.17) is 30.3 Å². The summed E-state index contributed by atoms with van der Waals surface area (Å²) < 4.78 is 21.3. The molecule has 3 aromatic rings. The highest BCUT2D eigenvalue weighted by Crippen LogP contribution is 2.36. The highest BCUT2D eigenvalue weighted by atomic mass is 35.5. The second-order valence-corrected chi connectivity index (χ2v) is 7.15. The second kappa shape index (κ2) is 8.23. The third-order valence-corrected chi connectivity index (χ3v) is 5.31. The van der Waals surface area contributed by atoms with Crippen molar-refractivity contribution in [1.82, 2.24) is 10.1 Å². The molecule has 1 amide bonds. The number of methoxy groups -OCH3 is 3. The van der Waals surface area contributed by atoms with E-state index < -0.39 is 0 Å². The lowest BCUT2D eigenvalue weighted by atomic mass is 10.1. The maximum atomic E-state index is 12.6. The first-order valence-corrected chi connectivity index (χ1v) is 9.61. The van der Waals surface area contributed by atoms with Gasteiger partial charge in [0.15, 0.2) is 0 Å². The Morgan fingerprint density at radius 3 is 2.57 bits per heavy atom. The number of aromatic nitrogens is 2. The molecule has 1 atom stereocenters. The van der Waals surface area contributed by atoms with Gasteiger partial charge in [0.05, 0.1) is 37.8 Å². The summed E-state index contributed by atoms with van der Waals surface area (Å²) in [6.45, 7) is 0.420. The number of anilines is 1. The summed E-state index contributed by atoms with van der Waals surface area (Å²) in [5, 5.41) is 4.52. The van der Waals surface area contributed by atoms with Gasteiger partial charge in [-0.25, -0.2) is 0 Å². The molecule has 1 aliphatic rings. The van der Waals surface area contributed by atoms with Crippen LogP contribution in [0.3, 0.4) is 0 Å². The lowest BCUT2D eigenvalue weighted by Gasteiger charge is -2.17. The number of halogens is 1. The van der Waals surface area contributed by atoms with E-state index in [0.717, 1.165) is 0 Å². The molecular weight excluding hydrogens is 410 g/mol. The van der Waals surface area contributed by atoms with Crippen LogP contribution in [0, 0.1) is 0 Å². The van der Waals surface area contributed by atoms with Crippen molar-refractivity contribution in [2.45, 2.75) is 12.3 Å². The molecule has 0 unspecified atom stereocenters. The average Bonchev–Trinajstić information content (AvgIpc) is 3.40. The first-order valence-electron chi connectivity index (χ1n) is 9.24. The minimum Gasteiger partial charge on any atom is -0.497 e. The maximum Gasteiger partial charge on any atom is 0.232 e. The second-order valence-electron chi connectivity index (χ2n) is 6.75. The number of carbonyl (C=O) groups excluding carboxylic acids is 1. The molecule has 1 fully saturated rings. The van der Waals surface area contributed by atoms with Crippen molar-refractivity contribution in [3.05, 3.63) is 47.3 Å². The Morgan fingerprint density at radius 2 is 1.87 bits per heavy atom. The highest BCUT2D eigenvalue weighted by molar-refractivity contribution is 6.32. The molecule has 156 valence electrons. The van der Waals surface area contributed by atoms with Crippen LogP contribution in [0.5, 0.6) is 17.2 Å². The first kappa shape index (κ1) is 20.0. The van der Waals surface area contributed by atoms with Crippen LogP contribution >= 0.6 is 11.6 Å². The zero-order chi connectivity index (χ0) is 21.3. The Labute approximate surface area is 178 Å². The topological polar surface area (TPSA) is 86.9 Å². The molecular formula is C21H20ClN3O5. The van der Waals surface area contributed by atoms with Crippen LogP contribution in [0.25, 0.3) is 11.4 Å². The Kier molecular flexibility index (Phi) is 5.50. The van der Waals surface area contributed by atoms with Gasteiger partial charge in [0.1, 0.15) is 17.2 Å². The number of rotatable bonds is 6. The lowest BCUT2D eigenvalue weighted by Crippen LogP contribution is -2.24. The van der Waals surface area contributed by atoms with E-state index in [0.29, 0.717) is 51.8 Å². The third kappa shape index (κ3) is 3.66. The SMILES string of the molecule is COc1ccc(-c2noc([C@@H]3CC(=O)N(c4ccc(OC)c(Cl)c4)C3)n2)c(OC)c1. The fraction of sp³-hybridized carbons (Fsp3) is 0.286. The van der Waals surface area contributed by atoms with Gasteiger partial charge in [0.2, 0.25) is 17.6 Å². The molecule has 0 saturated carbocycles. The molecule has 0 spiro atoms. The van der Waals surface area contributed by atoms with Crippen molar-refractivity contribution in [3.63, 3.8) is 0 Å². The van der Waals surface area contributed by atoms with E-state index in [1.807, 2.05) is 0 Å². The van der Waals surface area contributed by atoms with Gasteiger partial charge >= 0.3 is 0 Å². The molecule has 1 aliphatic heterocycles. The van der Waals surface area contributed by atoms with Gasteiger partial charge in [0.25, 0.3) is 0 Å². The molecule has 1 aromatic heterocycles. The maximum absolute atomic E-state index is 12.6. The van der Waals surface area contributed by atoms with Crippen LogP contribution < -0.4 is 19.1 Å². The van der Waals surface area contributed by atoms with E-state index in [1.165, 1.54) is 0 Å². The number of benzene rings is 2.